The number of anilines is 1. The number of hydrogen-bond donors (Lipinski definition) is 2. The van der Waals surface area contributed by atoms with E-state index in [1.54, 1.807) is 0 Å². The van der Waals surface area contributed by atoms with Gasteiger partial charge in [-0.25, -0.2) is 13.2 Å². The number of nitrogens with one attached hydrogen (secondary N) is 2. The molecule has 1 fully saturated rings. The van der Waals surface area contributed by atoms with Crippen molar-refractivity contribution in [1.29, 1.82) is 0 Å². The van der Waals surface area contributed by atoms with Gasteiger partial charge in [0.2, 0.25) is 0 Å². The Labute approximate surface area is 124 Å². The molecule has 2 N–H and O–H groups in total. The molecule has 1 aliphatic carbocycles. The van der Waals surface area contributed by atoms with Crippen LogP contribution in [0.15, 0.2) is 12.1 Å². The van der Waals surface area contributed by atoms with Crippen LogP contribution in [0.1, 0.15) is 12.8 Å². The molecule has 0 spiro atoms. The summed E-state index contributed by atoms with van der Waals surface area (Å²) in [6, 6.07) is 1.17. The zero-order valence-corrected chi connectivity index (χ0v) is 11.6. The van der Waals surface area contributed by atoms with Gasteiger partial charge in [-0.05, 0) is 18.8 Å². The molecule has 22 heavy (non-hydrogen) atoms. The van der Waals surface area contributed by atoms with Gasteiger partial charge in [0.05, 0.1) is 6.61 Å². The van der Waals surface area contributed by atoms with Crippen LogP contribution in [0.4, 0.5) is 18.9 Å². The highest BCUT2D eigenvalue weighted by atomic mass is 19.2. The first-order valence-electron chi connectivity index (χ1n) is 6.79. The minimum Gasteiger partial charge on any atom is -0.379 e. The lowest BCUT2D eigenvalue weighted by atomic mass is 10.3. The standard InChI is InChI=1S/C14H15F3N2O3/c15-10-5-9(6-11(16)12(10)17)19-14(21)13(20)18-3-4-22-7-8-1-2-8/h5-6,8H,1-4,7H2,(H,18,20)(H,19,21). The minimum absolute atomic E-state index is 0.144. The summed E-state index contributed by atoms with van der Waals surface area (Å²) < 4.78 is 43.9. The Hall–Kier alpha value is -2.09. The van der Waals surface area contributed by atoms with Gasteiger partial charge in [0.1, 0.15) is 0 Å². The Morgan fingerprint density at radius 1 is 1.14 bits per heavy atom. The number of ether oxygens (including phenoxy) is 1. The van der Waals surface area contributed by atoms with E-state index >= 15 is 0 Å². The number of halogens is 3. The number of carbonyl (C=O) groups is 2. The molecule has 8 heteroatoms. The highest BCUT2D eigenvalue weighted by molar-refractivity contribution is 6.39. The molecule has 0 heterocycles. The van der Waals surface area contributed by atoms with Gasteiger partial charge in [0, 0.05) is 31.0 Å². The van der Waals surface area contributed by atoms with Gasteiger partial charge >= 0.3 is 11.8 Å². The van der Waals surface area contributed by atoms with Crippen molar-refractivity contribution >= 4 is 17.5 Å². The zero-order chi connectivity index (χ0) is 16.1. The van der Waals surface area contributed by atoms with E-state index in [4.69, 9.17) is 4.74 Å². The molecular formula is C14H15F3N2O3. The van der Waals surface area contributed by atoms with Gasteiger partial charge in [-0.2, -0.15) is 0 Å². The Kier molecular flexibility index (Phi) is 5.37. The van der Waals surface area contributed by atoms with Gasteiger partial charge in [-0.15, -0.1) is 0 Å². The number of rotatable bonds is 6. The van der Waals surface area contributed by atoms with Crippen LogP contribution in [0.5, 0.6) is 0 Å². The lowest BCUT2D eigenvalue weighted by molar-refractivity contribution is -0.136. The Morgan fingerprint density at radius 3 is 2.36 bits per heavy atom. The second kappa shape index (κ2) is 7.26. The summed E-state index contributed by atoms with van der Waals surface area (Å²) in [5, 5.41) is 4.28. The summed E-state index contributed by atoms with van der Waals surface area (Å²) in [5.74, 6) is -6.03. The first-order valence-corrected chi connectivity index (χ1v) is 6.79. The molecule has 1 aliphatic rings. The monoisotopic (exact) mass is 316 g/mol. The van der Waals surface area contributed by atoms with Crippen molar-refractivity contribution < 1.29 is 27.5 Å². The van der Waals surface area contributed by atoms with E-state index in [1.807, 2.05) is 5.32 Å². The fraction of sp³-hybridized carbons (Fsp3) is 0.429. The van der Waals surface area contributed by atoms with Crippen molar-refractivity contribution in [3.63, 3.8) is 0 Å². The van der Waals surface area contributed by atoms with E-state index < -0.39 is 29.3 Å². The van der Waals surface area contributed by atoms with Crippen LogP contribution < -0.4 is 10.6 Å². The molecule has 0 unspecified atom stereocenters. The third-order valence-electron chi connectivity index (χ3n) is 3.03. The van der Waals surface area contributed by atoms with Crippen molar-refractivity contribution in [2.24, 2.45) is 5.92 Å². The third kappa shape index (κ3) is 4.73. The maximum absolute atomic E-state index is 13.0. The quantitative estimate of drug-likeness (QED) is 0.476. The summed E-state index contributed by atoms with van der Waals surface area (Å²) in [6.07, 6.45) is 2.30. The molecule has 0 atom stereocenters. The van der Waals surface area contributed by atoms with E-state index in [0.29, 0.717) is 24.7 Å². The average molecular weight is 316 g/mol. The van der Waals surface area contributed by atoms with Crippen LogP contribution in [-0.4, -0.2) is 31.6 Å². The number of amides is 2. The zero-order valence-electron chi connectivity index (χ0n) is 11.6. The molecule has 0 aromatic heterocycles. The largest absolute Gasteiger partial charge is 0.379 e. The van der Waals surface area contributed by atoms with Crippen molar-refractivity contribution in [2.45, 2.75) is 12.8 Å². The first-order chi connectivity index (χ1) is 10.5. The molecule has 5 nitrogen and oxygen atoms in total. The summed E-state index contributed by atoms with van der Waals surface area (Å²) in [4.78, 5) is 23.0. The highest BCUT2D eigenvalue weighted by Gasteiger charge is 2.21. The minimum atomic E-state index is -1.64. The Bertz CT molecular complexity index is 553. The second-order valence-electron chi connectivity index (χ2n) is 4.98. The Morgan fingerprint density at radius 2 is 1.77 bits per heavy atom. The summed E-state index contributed by atoms with van der Waals surface area (Å²) in [5.41, 5.74) is -0.346. The van der Waals surface area contributed by atoms with Gasteiger partial charge in [0.15, 0.2) is 17.5 Å². The fourth-order valence-corrected chi connectivity index (χ4v) is 1.67. The molecule has 0 saturated heterocycles. The van der Waals surface area contributed by atoms with E-state index in [2.05, 4.69) is 5.32 Å². The van der Waals surface area contributed by atoms with Crippen LogP contribution >= 0.6 is 0 Å². The summed E-state index contributed by atoms with van der Waals surface area (Å²) >= 11 is 0. The lowest BCUT2D eigenvalue weighted by Crippen LogP contribution is -2.37. The normalized spacial score (nSPS) is 13.8. The molecule has 1 aromatic carbocycles. The molecule has 0 bridgehead atoms. The molecule has 2 amide bonds. The first kappa shape index (κ1) is 16.3. The number of hydrogen-bond acceptors (Lipinski definition) is 3. The summed E-state index contributed by atoms with van der Waals surface area (Å²) in [7, 11) is 0. The molecule has 0 aliphatic heterocycles. The maximum Gasteiger partial charge on any atom is 0.313 e. The molecule has 1 saturated carbocycles. The summed E-state index contributed by atoms with van der Waals surface area (Å²) in [6.45, 7) is 1.05. The van der Waals surface area contributed by atoms with E-state index in [1.165, 1.54) is 0 Å². The van der Waals surface area contributed by atoms with Crippen LogP contribution in [0.25, 0.3) is 0 Å². The maximum atomic E-state index is 13.0. The van der Waals surface area contributed by atoms with Crippen molar-refractivity contribution in [3.8, 4) is 0 Å². The van der Waals surface area contributed by atoms with Crippen molar-refractivity contribution in [3.05, 3.63) is 29.6 Å². The predicted molar refractivity (Wildman–Crippen MR) is 71.5 cm³/mol. The Balaban J connectivity index is 1.74. The SMILES string of the molecule is O=C(NCCOCC1CC1)C(=O)Nc1cc(F)c(F)c(F)c1. The predicted octanol–water partition coefficient (Wildman–Crippen LogP) is 1.59. The van der Waals surface area contributed by atoms with Crippen LogP contribution in [0.2, 0.25) is 0 Å². The van der Waals surface area contributed by atoms with Crippen molar-refractivity contribution in [1.82, 2.24) is 5.32 Å². The molecule has 1 aromatic rings. The van der Waals surface area contributed by atoms with Crippen molar-refractivity contribution in [2.75, 3.05) is 25.1 Å². The fourth-order valence-electron chi connectivity index (χ4n) is 1.67. The lowest BCUT2D eigenvalue weighted by Gasteiger charge is -2.07. The number of carbonyl (C=O) groups excluding carboxylic acids is 2. The topological polar surface area (TPSA) is 67.4 Å². The highest BCUT2D eigenvalue weighted by Crippen LogP contribution is 2.28. The van der Waals surface area contributed by atoms with Gasteiger partial charge in [-0.1, -0.05) is 0 Å². The molecular weight excluding hydrogens is 301 g/mol. The average Bonchev–Trinajstić information content (AvgIpc) is 3.28. The second-order valence-corrected chi connectivity index (χ2v) is 4.98. The molecule has 2 rings (SSSR count). The smallest absolute Gasteiger partial charge is 0.313 e. The van der Waals surface area contributed by atoms with Crippen LogP contribution in [-0.2, 0) is 14.3 Å². The van der Waals surface area contributed by atoms with Crippen LogP contribution in [0.3, 0.4) is 0 Å². The molecule has 0 radical (unpaired) electrons. The van der Waals surface area contributed by atoms with Crippen LogP contribution in [0, 0.1) is 23.4 Å². The third-order valence-corrected chi connectivity index (χ3v) is 3.03. The van der Waals surface area contributed by atoms with Gasteiger partial charge < -0.3 is 15.4 Å². The molecule has 120 valence electrons. The van der Waals surface area contributed by atoms with E-state index in [0.717, 1.165) is 12.8 Å². The van der Waals surface area contributed by atoms with E-state index in [-0.39, 0.29) is 18.8 Å². The van der Waals surface area contributed by atoms with Gasteiger partial charge in [-0.3, -0.25) is 9.59 Å². The van der Waals surface area contributed by atoms with Gasteiger partial charge in [0.25, 0.3) is 0 Å². The number of benzene rings is 1. The van der Waals surface area contributed by atoms with E-state index in [9.17, 15) is 22.8 Å².